The number of benzene rings is 1. The fourth-order valence-corrected chi connectivity index (χ4v) is 4.03. The molecule has 4 rings (SSSR count). The third kappa shape index (κ3) is 2.18. The number of ether oxygens (including phenoxy) is 1. The van der Waals surface area contributed by atoms with Gasteiger partial charge in [-0.1, -0.05) is 29.8 Å². The summed E-state index contributed by atoms with van der Waals surface area (Å²) in [5.74, 6) is -2.50. The van der Waals surface area contributed by atoms with E-state index in [0.717, 1.165) is 24.1 Å². The SMILES string of the molecule is Cc1ccc2c(c1)CCCN2C(=O)[C@H]1[C@@H](C(=O)O)[C@@H]2C=C[C@@H]1O2. The van der Waals surface area contributed by atoms with Crippen molar-refractivity contribution >= 4 is 17.6 Å². The largest absolute Gasteiger partial charge is 0.481 e. The van der Waals surface area contributed by atoms with Gasteiger partial charge in [-0.05, 0) is 31.4 Å². The molecule has 1 saturated heterocycles. The summed E-state index contributed by atoms with van der Waals surface area (Å²) in [6, 6.07) is 6.08. The quantitative estimate of drug-likeness (QED) is 0.847. The van der Waals surface area contributed by atoms with Crippen LogP contribution in [0.2, 0.25) is 0 Å². The van der Waals surface area contributed by atoms with Crippen LogP contribution in [0.15, 0.2) is 30.4 Å². The Bertz CT molecular complexity index is 711. The Morgan fingerprint density at radius 1 is 1.22 bits per heavy atom. The number of carboxylic acid groups (broad SMARTS) is 1. The number of aryl methyl sites for hydroxylation is 2. The van der Waals surface area contributed by atoms with E-state index >= 15 is 0 Å². The summed E-state index contributed by atoms with van der Waals surface area (Å²) in [6.45, 7) is 2.68. The Morgan fingerprint density at radius 3 is 2.70 bits per heavy atom. The van der Waals surface area contributed by atoms with Crippen LogP contribution in [0.25, 0.3) is 0 Å². The Balaban J connectivity index is 1.68. The van der Waals surface area contributed by atoms with Crippen LogP contribution >= 0.6 is 0 Å². The van der Waals surface area contributed by atoms with Crippen molar-refractivity contribution < 1.29 is 19.4 Å². The van der Waals surface area contributed by atoms with Gasteiger partial charge in [0.25, 0.3) is 0 Å². The highest BCUT2D eigenvalue weighted by Gasteiger charge is 2.54. The molecule has 1 N–H and O–H groups in total. The minimum atomic E-state index is -0.957. The number of carbonyl (C=O) groups excluding carboxylic acids is 1. The maximum absolute atomic E-state index is 13.1. The van der Waals surface area contributed by atoms with Crippen LogP contribution < -0.4 is 4.90 Å². The van der Waals surface area contributed by atoms with E-state index in [0.29, 0.717) is 6.54 Å². The lowest BCUT2D eigenvalue weighted by atomic mass is 9.81. The predicted octanol–water partition coefficient (Wildman–Crippen LogP) is 1.93. The molecule has 0 unspecified atom stereocenters. The second kappa shape index (κ2) is 5.20. The number of rotatable bonds is 2. The molecule has 23 heavy (non-hydrogen) atoms. The maximum atomic E-state index is 13.1. The Kier molecular flexibility index (Phi) is 3.27. The van der Waals surface area contributed by atoms with Crippen LogP contribution in [0, 0.1) is 18.8 Å². The number of hydrogen-bond donors (Lipinski definition) is 1. The second-order valence-corrected chi connectivity index (χ2v) is 6.57. The van der Waals surface area contributed by atoms with Crippen LogP contribution in [0.3, 0.4) is 0 Å². The molecule has 0 radical (unpaired) electrons. The Morgan fingerprint density at radius 2 is 1.96 bits per heavy atom. The van der Waals surface area contributed by atoms with Crippen LogP contribution in [-0.2, 0) is 20.7 Å². The molecular formula is C18H19NO4. The highest BCUT2D eigenvalue weighted by molar-refractivity contribution is 5.99. The summed E-state index contributed by atoms with van der Waals surface area (Å²) >= 11 is 0. The van der Waals surface area contributed by atoms with Gasteiger partial charge in [-0.2, -0.15) is 0 Å². The predicted molar refractivity (Wildman–Crippen MR) is 84.3 cm³/mol. The zero-order valence-corrected chi connectivity index (χ0v) is 12.9. The molecule has 1 aromatic carbocycles. The number of hydrogen-bond acceptors (Lipinski definition) is 3. The molecule has 1 amide bonds. The van der Waals surface area contributed by atoms with Crippen LogP contribution in [0.5, 0.6) is 0 Å². The van der Waals surface area contributed by atoms with Crippen molar-refractivity contribution in [3.05, 3.63) is 41.5 Å². The maximum Gasteiger partial charge on any atom is 0.310 e. The highest BCUT2D eigenvalue weighted by atomic mass is 16.5. The first-order valence-corrected chi connectivity index (χ1v) is 8.04. The average molecular weight is 313 g/mol. The number of aliphatic carboxylic acids is 1. The first-order chi connectivity index (χ1) is 11.1. The number of anilines is 1. The van der Waals surface area contributed by atoms with Crippen molar-refractivity contribution in [2.75, 3.05) is 11.4 Å². The van der Waals surface area contributed by atoms with Crippen molar-refractivity contribution in [2.45, 2.75) is 32.0 Å². The van der Waals surface area contributed by atoms with Crippen LogP contribution in [0.4, 0.5) is 5.69 Å². The Labute approximate surface area is 134 Å². The molecular weight excluding hydrogens is 294 g/mol. The van der Waals surface area contributed by atoms with Crippen molar-refractivity contribution in [3.8, 4) is 0 Å². The zero-order valence-electron chi connectivity index (χ0n) is 12.9. The van der Waals surface area contributed by atoms with E-state index < -0.39 is 30.0 Å². The van der Waals surface area contributed by atoms with E-state index in [4.69, 9.17) is 4.74 Å². The van der Waals surface area contributed by atoms with Crippen LogP contribution in [0.1, 0.15) is 17.5 Å². The number of amides is 1. The van der Waals surface area contributed by atoms with E-state index in [2.05, 4.69) is 6.07 Å². The number of nitrogens with zero attached hydrogens (tertiary/aromatic N) is 1. The van der Waals surface area contributed by atoms with E-state index in [9.17, 15) is 14.7 Å². The minimum Gasteiger partial charge on any atom is -0.481 e. The fraction of sp³-hybridized carbons (Fsp3) is 0.444. The van der Waals surface area contributed by atoms with Gasteiger partial charge in [-0.3, -0.25) is 9.59 Å². The van der Waals surface area contributed by atoms with Gasteiger partial charge in [0.1, 0.15) is 5.92 Å². The lowest BCUT2D eigenvalue weighted by molar-refractivity contribution is -0.146. The molecule has 3 aliphatic rings. The zero-order chi connectivity index (χ0) is 16.1. The molecule has 0 aromatic heterocycles. The molecule has 1 aromatic rings. The van der Waals surface area contributed by atoms with E-state index in [1.165, 1.54) is 5.56 Å². The lowest BCUT2D eigenvalue weighted by Gasteiger charge is -2.33. The summed E-state index contributed by atoms with van der Waals surface area (Å²) in [6.07, 6.45) is 4.55. The molecule has 3 heterocycles. The van der Waals surface area contributed by atoms with E-state index in [1.54, 1.807) is 11.0 Å². The summed E-state index contributed by atoms with van der Waals surface area (Å²) in [7, 11) is 0. The first-order valence-electron chi connectivity index (χ1n) is 8.04. The minimum absolute atomic E-state index is 0.126. The van der Waals surface area contributed by atoms with Gasteiger partial charge < -0.3 is 14.7 Å². The average Bonchev–Trinajstić information content (AvgIpc) is 3.14. The van der Waals surface area contributed by atoms with Crippen molar-refractivity contribution in [3.63, 3.8) is 0 Å². The molecule has 5 heteroatoms. The van der Waals surface area contributed by atoms with E-state index in [-0.39, 0.29) is 5.91 Å². The summed E-state index contributed by atoms with van der Waals surface area (Å²) in [4.78, 5) is 26.5. The molecule has 0 spiro atoms. The van der Waals surface area contributed by atoms with Gasteiger partial charge in [0.2, 0.25) is 5.91 Å². The summed E-state index contributed by atoms with van der Waals surface area (Å²) < 4.78 is 5.64. The van der Waals surface area contributed by atoms with Gasteiger partial charge >= 0.3 is 5.97 Å². The van der Waals surface area contributed by atoms with Gasteiger partial charge in [0, 0.05) is 12.2 Å². The molecule has 1 fully saturated rings. The molecule has 4 atom stereocenters. The Hall–Kier alpha value is -2.14. The van der Waals surface area contributed by atoms with Gasteiger partial charge in [0.05, 0.1) is 18.1 Å². The van der Waals surface area contributed by atoms with Crippen molar-refractivity contribution in [1.29, 1.82) is 0 Å². The van der Waals surface area contributed by atoms with Gasteiger partial charge in [-0.15, -0.1) is 0 Å². The monoisotopic (exact) mass is 313 g/mol. The molecule has 0 saturated carbocycles. The third-order valence-electron chi connectivity index (χ3n) is 5.09. The van der Waals surface area contributed by atoms with Gasteiger partial charge in [0.15, 0.2) is 0 Å². The van der Waals surface area contributed by atoms with Crippen molar-refractivity contribution in [1.82, 2.24) is 0 Å². The number of fused-ring (bicyclic) bond motifs is 3. The first kappa shape index (κ1) is 14.5. The van der Waals surface area contributed by atoms with Crippen LogP contribution in [-0.4, -0.2) is 35.7 Å². The molecule has 5 nitrogen and oxygen atoms in total. The van der Waals surface area contributed by atoms with Gasteiger partial charge in [-0.25, -0.2) is 0 Å². The molecule has 2 bridgehead atoms. The number of carbonyl (C=O) groups is 2. The standard InChI is InChI=1S/C18H19NO4/c1-10-4-5-12-11(9-10)3-2-8-19(12)17(20)15-13-6-7-14(23-13)16(15)18(21)22/h4-7,9,13-16H,2-3,8H2,1H3,(H,21,22)/t13-,14-,15+,16-/m0/s1. The highest BCUT2D eigenvalue weighted by Crippen LogP contribution is 2.41. The molecule has 120 valence electrons. The van der Waals surface area contributed by atoms with E-state index in [1.807, 2.05) is 25.1 Å². The lowest BCUT2D eigenvalue weighted by Crippen LogP contribution is -2.46. The summed E-state index contributed by atoms with van der Waals surface area (Å²) in [5, 5.41) is 9.50. The summed E-state index contributed by atoms with van der Waals surface area (Å²) in [5.41, 5.74) is 3.26. The fourth-order valence-electron chi connectivity index (χ4n) is 4.03. The normalized spacial score (nSPS) is 31.3. The molecule has 0 aliphatic carbocycles. The molecule has 3 aliphatic heterocycles. The second-order valence-electron chi connectivity index (χ2n) is 6.57. The number of carboxylic acids is 1. The topological polar surface area (TPSA) is 66.8 Å². The third-order valence-corrected chi connectivity index (χ3v) is 5.09. The van der Waals surface area contributed by atoms with Crippen molar-refractivity contribution in [2.24, 2.45) is 11.8 Å². The smallest absolute Gasteiger partial charge is 0.310 e.